The Morgan fingerprint density at radius 3 is 1.94 bits per heavy atom. The number of hydrogen-bond donors (Lipinski definition) is 2. The van der Waals surface area contributed by atoms with Crippen LogP contribution in [0.25, 0.3) is 0 Å². The van der Waals surface area contributed by atoms with Gasteiger partial charge in [0, 0.05) is 0 Å². The van der Waals surface area contributed by atoms with E-state index in [1.165, 1.54) is 12.8 Å². The Labute approximate surface area is 114 Å². The van der Waals surface area contributed by atoms with Crippen molar-refractivity contribution < 1.29 is 9.90 Å². The number of hydrogen-bond acceptors (Lipinski definition) is 2. The molecule has 0 saturated carbocycles. The highest BCUT2D eigenvalue weighted by atomic mass is 28.4. The Bertz CT molecular complexity index is 262. The van der Waals surface area contributed by atoms with Gasteiger partial charge in [-0.25, -0.2) is 0 Å². The van der Waals surface area contributed by atoms with Crippen LogP contribution in [0, 0.1) is 5.41 Å². The van der Waals surface area contributed by atoms with Crippen LogP contribution in [0.15, 0.2) is 12.2 Å². The first kappa shape index (κ1) is 17.9. The van der Waals surface area contributed by atoms with E-state index in [4.69, 9.17) is 5.11 Å². The molecule has 0 heterocycles. The molecule has 3 heteroatoms. The van der Waals surface area contributed by atoms with E-state index in [9.17, 15) is 4.80 Å². The van der Waals surface area contributed by atoms with Crippen molar-refractivity contribution in [1.29, 1.82) is 0 Å². The third kappa shape index (κ3) is 6.71. The number of rotatable bonds is 8. The maximum atomic E-state index is 10.2. The second kappa shape index (κ2) is 6.87. The highest BCUT2D eigenvalue weighted by molar-refractivity contribution is 6.72. The van der Waals surface area contributed by atoms with Gasteiger partial charge in [0.15, 0.2) is 8.32 Å². The van der Waals surface area contributed by atoms with Crippen LogP contribution in [0.2, 0.25) is 18.1 Å². The molecule has 0 saturated heterocycles. The van der Waals surface area contributed by atoms with Gasteiger partial charge in [-0.15, -0.1) is 0 Å². The second-order valence-corrected chi connectivity index (χ2v) is 11.7. The number of allylic oxidation sites excluding steroid dienone is 1. The summed E-state index contributed by atoms with van der Waals surface area (Å²) < 4.78 is 0. The predicted molar refractivity (Wildman–Crippen MR) is 82.2 cm³/mol. The third-order valence-electron chi connectivity index (χ3n) is 4.20. The zero-order chi connectivity index (χ0) is 14.4. The first-order valence-electron chi connectivity index (χ1n) is 7.03. The van der Waals surface area contributed by atoms with E-state index in [-0.39, 0.29) is 17.1 Å². The van der Waals surface area contributed by atoms with Crippen molar-refractivity contribution in [2.75, 3.05) is 6.61 Å². The lowest BCUT2D eigenvalue weighted by Gasteiger charge is -2.35. The van der Waals surface area contributed by atoms with Crippen LogP contribution in [0.4, 0.5) is 0 Å². The molecule has 0 aromatic heterocycles. The SMILES string of the molecule is CC(C)(/C=C/CO)CCCCC(C)(C)[Si](C)(C)O. The molecule has 18 heavy (non-hydrogen) atoms. The monoisotopic (exact) mass is 272 g/mol. The van der Waals surface area contributed by atoms with Crippen molar-refractivity contribution >= 4 is 8.32 Å². The van der Waals surface area contributed by atoms with Crippen LogP contribution in [0.1, 0.15) is 53.4 Å². The normalized spacial score (nSPS) is 14.4. The molecular weight excluding hydrogens is 240 g/mol. The summed E-state index contributed by atoms with van der Waals surface area (Å²) in [5.74, 6) is 0. The molecule has 0 amide bonds. The second-order valence-electron chi connectivity index (χ2n) is 7.22. The minimum Gasteiger partial charge on any atom is -0.432 e. The summed E-state index contributed by atoms with van der Waals surface area (Å²) in [5, 5.41) is 8.88. The highest BCUT2D eigenvalue weighted by Gasteiger charge is 2.37. The molecule has 0 unspecified atom stereocenters. The summed E-state index contributed by atoms with van der Waals surface area (Å²) in [6.45, 7) is 13.0. The molecular formula is C15H32O2Si. The average Bonchev–Trinajstić information content (AvgIpc) is 2.20. The summed E-state index contributed by atoms with van der Waals surface area (Å²) in [4.78, 5) is 10.2. The summed E-state index contributed by atoms with van der Waals surface area (Å²) in [6, 6.07) is 0. The first-order valence-corrected chi connectivity index (χ1v) is 9.97. The summed E-state index contributed by atoms with van der Waals surface area (Å²) in [7, 11) is -2.05. The Hall–Kier alpha value is -0.123. The molecule has 0 rings (SSSR count). The lowest BCUT2D eigenvalue weighted by Crippen LogP contribution is -2.38. The molecule has 0 aromatic carbocycles. The van der Waals surface area contributed by atoms with Gasteiger partial charge in [0.2, 0.25) is 0 Å². The fourth-order valence-electron chi connectivity index (χ4n) is 1.91. The van der Waals surface area contributed by atoms with Crippen LogP contribution in [0.5, 0.6) is 0 Å². The van der Waals surface area contributed by atoms with Gasteiger partial charge < -0.3 is 9.90 Å². The zero-order valence-corrected chi connectivity index (χ0v) is 14.1. The fraction of sp³-hybridized carbons (Fsp3) is 0.867. The quantitative estimate of drug-likeness (QED) is 0.397. The van der Waals surface area contributed by atoms with Crippen molar-refractivity contribution in [3.8, 4) is 0 Å². The maximum absolute atomic E-state index is 10.2. The van der Waals surface area contributed by atoms with Crippen LogP contribution in [0.3, 0.4) is 0 Å². The van der Waals surface area contributed by atoms with E-state index in [1.807, 2.05) is 19.2 Å². The molecule has 0 fully saturated rings. The van der Waals surface area contributed by atoms with Gasteiger partial charge in [-0.05, 0) is 36.4 Å². The maximum Gasteiger partial charge on any atom is 0.188 e. The van der Waals surface area contributed by atoms with Crippen LogP contribution >= 0.6 is 0 Å². The van der Waals surface area contributed by atoms with E-state index < -0.39 is 8.32 Å². The van der Waals surface area contributed by atoms with Crippen LogP contribution < -0.4 is 0 Å². The van der Waals surface area contributed by atoms with Gasteiger partial charge in [0.25, 0.3) is 0 Å². The first-order chi connectivity index (χ1) is 8.02. The van der Waals surface area contributed by atoms with Gasteiger partial charge in [0.1, 0.15) is 0 Å². The van der Waals surface area contributed by atoms with Gasteiger partial charge in [0.05, 0.1) is 6.61 Å². The minimum absolute atomic E-state index is 0.0953. The lowest BCUT2D eigenvalue weighted by molar-refractivity contribution is 0.336. The Balaban J connectivity index is 4.04. The molecule has 2 nitrogen and oxygen atoms in total. The third-order valence-corrected chi connectivity index (χ3v) is 7.77. The summed E-state index contributed by atoms with van der Waals surface area (Å²) >= 11 is 0. The molecule has 0 atom stereocenters. The molecule has 0 bridgehead atoms. The van der Waals surface area contributed by atoms with Crippen molar-refractivity contribution in [2.45, 2.75) is 71.5 Å². The van der Waals surface area contributed by atoms with E-state index in [0.29, 0.717) is 0 Å². The van der Waals surface area contributed by atoms with Crippen molar-refractivity contribution in [2.24, 2.45) is 5.41 Å². The van der Waals surface area contributed by atoms with E-state index in [1.54, 1.807) is 0 Å². The van der Waals surface area contributed by atoms with Gasteiger partial charge >= 0.3 is 0 Å². The van der Waals surface area contributed by atoms with Crippen molar-refractivity contribution in [3.05, 3.63) is 12.2 Å². The fourth-order valence-corrected chi connectivity index (χ4v) is 2.70. The average molecular weight is 273 g/mol. The molecule has 0 aliphatic carbocycles. The Morgan fingerprint density at radius 2 is 1.50 bits per heavy atom. The Morgan fingerprint density at radius 1 is 1.00 bits per heavy atom. The van der Waals surface area contributed by atoms with Gasteiger partial charge in [-0.1, -0.05) is 52.7 Å². The molecule has 2 N–H and O–H groups in total. The summed E-state index contributed by atoms with van der Waals surface area (Å²) in [6.07, 6.45) is 8.50. The largest absolute Gasteiger partial charge is 0.432 e. The number of unbranched alkanes of at least 4 members (excludes halogenated alkanes) is 1. The van der Waals surface area contributed by atoms with Crippen LogP contribution in [-0.4, -0.2) is 24.8 Å². The molecule has 0 radical (unpaired) electrons. The molecule has 0 spiro atoms. The topological polar surface area (TPSA) is 40.5 Å². The standard InChI is InChI=1S/C15H32O2Si/c1-14(2,11-9-13-16)10-7-8-12-15(3,4)18(5,6)17/h9,11,16-17H,7-8,10,12-13H2,1-6H3/b11-9+. The van der Waals surface area contributed by atoms with E-state index in [2.05, 4.69) is 33.8 Å². The predicted octanol–water partition coefficient (Wildman–Crippen LogP) is 4.10. The molecule has 0 aliphatic heterocycles. The number of aliphatic hydroxyl groups is 1. The highest BCUT2D eigenvalue weighted by Crippen LogP contribution is 2.40. The molecule has 0 aromatic rings. The smallest absolute Gasteiger partial charge is 0.188 e. The van der Waals surface area contributed by atoms with Crippen molar-refractivity contribution in [1.82, 2.24) is 0 Å². The zero-order valence-electron chi connectivity index (χ0n) is 13.1. The summed E-state index contributed by atoms with van der Waals surface area (Å²) in [5.41, 5.74) is 0.166. The number of aliphatic hydroxyl groups excluding tert-OH is 1. The van der Waals surface area contributed by atoms with Gasteiger partial charge in [-0.2, -0.15) is 0 Å². The molecule has 108 valence electrons. The van der Waals surface area contributed by atoms with Crippen molar-refractivity contribution in [3.63, 3.8) is 0 Å². The Kier molecular flexibility index (Phi) is 6.83. The molecule has 0 aliphatic rings. The van der Waals surface area contributed by atoms with E-state index >= 15 is 0 Å². The van der Waals surface area contributed by atoms with Gasteiger partial charge in [-0.3, -0.25) is 0 Å². The van der Waals surface area contributed by atoms with E-state index in [0.717, 1.165) is 12.8 Å². The lowest BCUT2D eigenvalue weighted by atomic mass is 9.86. The minimum atomic E-state index is -2.05. The van der Waals surface area contributed by atoms with Crippen LogP contribution in [-0.2, 0) is 0 Å².